The van der Waals surface area contributed by atoms with Crippen molar-refractivity contribution in [3.8, 4) is 11.5 Å². The molecule has 4 aromatic heterocycles. The number of fused-ring (bicyclic) bond motifs is 1. The van der Waals surface area contributed by atoms with E-state index in [-0.39, 0.29) is 53.5 Å². The molecule has 1 unspecified atom stereocenters. The average Bonchev–Trinajstić information content (AvgIpc) is 3.73. The van der Waals surface area contributed by atoms with E-state index in [0.29, 0.717) is 30.0 Å². The Kier molecular flexibility index (Phi) is 13.2. The first kappa shape index (κ1) is 45.2. The molecule has 5 aliphatic rings. The number of amides is 3. The van der Waals surface area contributed by atoms with Gasteiger partial charge in [0.2, 0.25) is 17.7 Å². The van der Waals surface area contributed by atoms with Gasteiger partial charge in [-0.15, -0.1) is 0 Å². The third kappa shape index (κ3) is 10.2. The van der Waals surface area contributed by atoms with Crippen molar-refractivity contribution in [1.29, 1.82) is 0 Å². The minimum Gasteiger partial charge on any atom is -0.444 e. The van der Waals surface area contributed by atoms with Gasteiger partial charge in [-0.05, 0) is 106 Å². The van der Waals surface area contributed by atoms with E-state index in [4.69, 9.17) is 9.15 Å². The number of likely N-dealkylation sites (tertiary alicyclic amines) is 2. The van der Waals surface area contributed by atoms with Gasteiger partial charge in [-0.2, -0.15) is 5.10 Å². The molecular weight excluding hydrogens is 863 g/mol. The Balaban J connectivity index is 0.658. The lowest BCUT2D eigenvalue weighted by Gasteiger charge is -2.39. The standard InChI is InChI=1S/C49H60F2N10O6/c1-57-44-33(3-2-4-40(44)61(49(57)65)41-13-14-42(62)55-47(41)64)27-59-23-18-37(19-24-59)67-36-16-21-58(22-17-36)26-31-8-11-35(12-9-31)60-28-38(43(56-60)45(50)51)53-46(63)39-29-66-48(54-39)32-15-20-52-34(25-32)10-7-30-5-6-30/h2-4,15,20,25,28-31,35-37,41,45H,5-14,16-19,21-24,26-27H2,1H3,(H,53,63)(H,55,62,64). The summed E-state index contributed by atoms with van der Waals surface area (Å²) in [7, 11) is 1.75. The Morgan fingerprint density at radius 2 is 1.66 bits per heavy atom. The maximum Gasteiger partial charge on any atom is 0.329 e. The Labute approximate surface area is 387 Å². The molecule has 67 heavy (non-hydrogen) atoms. The van der Waals surface area contributed by atoms with E-state index in [2.05, 4.69) is 35.5 Å². The number of imidazole rings is 1. The van der Waals surface area contributed by atoms with E-state index in [1.165, 1.54) is 25.3 Å². The smallest absolute Gasteiger partial charge is 0.329 e. The van der Waals surface area contributed by atoms with Crippen LogP contribution in [-0.4, -0.2) is 101 Å². The van der Waals surface area contributed by atoms with Crippen LogP contribution in [0.2, 0.25) is 0 Å². The lowest BCUT2D eigenvalue weighted by molar-refractivity contribution is -0.135. The first-order valence-electron chi connectivity index (χ1n) is 24.2. The van der Waals surface area contributed by atoms with Crippen LogP contribution in [0.3, 0.4) is 0 Å². The molecule has 10 rings (SSSR count). The van der Waals surface area contributed by atoms with Crippen molar-refractivity contribution >= 4 is 34.4 Å². The molecule has 2 N–H and O–H groups in total. The first-order chi connectivity index (χ1) is 32.5. The van der Waals surface area contributed by atoms with Crippen LogP contribution in [0.1, 0.15) is 129 Å². The molecule has 3 saturated heterocycles. The van der Waals surface area contributed by atoms with Crippen LogP contribution in [0, 0.1) is 11.8 Å². The fourth-order valence-corrected chi connectivity index (χ4v) is 10.8. The number of para-hydroxylation sites is 1. The van der Waals surface area contributed by atoms with Gasteiger partial charge in [0.25, 0.3) is 12.3 Å². The van der Waals surface area contributed by atoms with Gasteiger partial charge in [0.1, 0.15) is 12.3 Å². The zero-order valence-electron chi connectivity index (χ0n) is 38.1. The number of rotatable bonds is 15. The molecular formula is C49H60F2N10O6. The third-order valence-electron chi connectivity index (χ3n) is 14.8. The molecule has 2 saturated carbocycles. The van der Waals surface area contributed by atoms with E-state index in [1.807, 2.05) is 24.3 Å². The van der Waals surface area contributed by atoms with Crippen LogP contribution in [-0.2, 0) is 34.3 Å². The molecule has 5 fully saturated rings. The number of carbonyl (C=O) groups excluding carboxylic acids is 3. The fourth-order valence-electron chi connectivity index (χ4n) is 10.8. The lowest BCUT2D eigenvalue weighted by atomic mass is 9.85. The van der Waals surface area contributed by atoms with Crippen LogP contribution in [0.4, 0.5) is 14.5 Å². The van der Waals surface area contributed by atoms with Crippen molar-refractivity contribution in [3.05, 3.63) is 82.1 Å². The molecule has 0 bridgehead atoms. The number of anilines is 1. The second-order valence-corrected chi connectivity index (χ2v) is 19.5. The third-order valence-corrected chi connectivity index (χ3v) is 14.8. The van der Waals surface area contributed by atoms with Gasteiger partial charge in [-0.1, -0.05) is 25.0 Å². The highest BCUT2D eigenvalue weighted by atomic mass is 19.3. The molecule has 18 heteroatoms. The number of hydrogen-bond donors (Lipinski definition) is 2. The molecule has 1 aromatic carbocycles. The van der Waals surface area contributed by atoms with E-state index >= 15 is 0 Å². The lowest BCUT2D eigenvalue weighted by Crippen LogP contribution is -2.44. The molecule has 2 aliphatic carbocycles. The van der Waals surface area contributed by atoms with Crippen LogP contribution in [0.25, 0.3) is 22.5 Å². The number of nitrogens with zero attached hydrogens (tertiary/aromatic N) is 8. The van der Waals surface area contributed by atoms with Crippen LogP contribution in [0.15, 0.2) is 58.2 Å². The number of aromatic nitrogens is 6. The highest BCUT2D eigenvalue weighted by Crippen LogP contribution is 2.37. The van der Waals surface area contributed by atoms with Gasteiger partial charge in [0.05, 0.1) is 35.0 Å². The van der Waals surface area contributed by atoms with E-state index in [0.717, 1.165) is 120 Å². The van der Waals surface area contributed by atoms with E-state index in [9.17, 15) is 28.0 Å². The summed E-state index contributed by atoms with van der Waals surface area (Å²) in [6.07, 6.45) is 14.6. The number of piperidine rings is 3. The number of pyridine rings is 1. The van der Waals surface area contributed by atoms with Crippen LogP contribution >= 0.6 is 0 Å². The Morgan fingerprint density at radius 3 is 2.37 bits per heavy atom. The summed E-state index contributed by atoms with van der Waals surface area (Å²) >= 11 is 0. The number of imide groups is 1. The Morgan fingerprint density at radius 1 is 0.925 bits per heavy atom. The summed E-state index contributed by atoms with van der Waals surface area (Å²) in [6.45, 7) is 5.45. The second-order valence-electron chi connectivity index (χ2n) is 19.5. The molecule has 0 spiro atoms. The van der Waals surface area contributed by atoms with Gasteiger partial charge in [0.15, 0.2) is 11.4 Å². The first-order valence-corrected chi connectivity index (χ1v) is 24.2. The Bertz CT molecular complexity index is 2650. The van der Waals surface area contributed by atoms with Crippen molar-refractivity contribution < 1.29 is 32.3 Å². The summed E-state index contributed by atoms with van der Waals surface area (Å²) in [6, 6.07) is 8.82. The number of alkyl halides is 2. The zero-order chi connectivity index (χ0) is 46.2. The molecule has 3 aliphatic heterocycles. The molecule has 1 atom stereocenters. The van der Waals surface area contributed by atoms with Crippen molar-refractivity contribution in [3.63, 3.8) is 0 Å². The number of carbonyl (C=O) groups is 3. The average molecular weight is 923 g/mol. The Hall–Kier alpha value is -5.59. The summed E-state index contributed by atoms with van der Waals surface area (Å²) in [4.78, 5) is 64.9. The van der Waals surface area contributed by atoms with Crippen LogP contribution in [0.5, 0.6) is 0 Å². The number of nitrogens with one attached hydrogen (secondary N) is 2. The topological polar surface area (TPSA) is 175 Å². The number of halogens is 2. The van der Waals surface area contributed by atoms with E-state index < -0.39 is 30.0 Å². The van der Waals surface area contributed by atoms with Crippen molar-refractivity contribution in [2.75, 3.05) is 38.0 Å². The molecule has 356 valence electrons. The minimum atomic E-state index is -2.85. The molecule has 3 amide bonds. The highest BCUT2D eigenvalue weighted by Gasteiger charge is 2.34. The summed E-state index contributed by atoms with van der Waals surface area (Å²) < 4.78 is 45.6. The number of hydrogen-bond acceptors (Lipinski definition) is 11. The SMILES string of the molecule is Cn1c(=O)n(C2CCC(=O)NC2=O)c2cccc(CN3CCC(OC4CCN(CC5CCC(n6cc(NC(=O)c7coc(-c8ccnc(CCC9CC9)c8)n7)c(C(F)F)n6)CC5)CC4)CC3)c21. The maximum atomic E-state index is 14.2. The predicted octanol–water partition coefficient (Wildman–Crippen LogP) is 6.97. The van der Waals surface area contributed by atoms with Gasteiger partial charge in [-0.25, -0.2) is 18.6 Å². The summed E-state index contributed by atoms with van der Waals surface area (Å²) in [5.41, 5.74) is 3.49. The van der Waals surface area contributed by atoms with Crippen molar-refractivity contribution in [1.82, 2.24) is 44.0 Å². The normalized spacial score (nSPS) is 22.8. The quantitative estimate of drug-likeness (QED) is 0.104. The second kappa shape index (κ2) is 19.6. The largest absolute Gasteiger partial charge is 0.444 e. The van der Waals surface area contributed by atoms with Gasteiger partial charge in [0, 0.05) is 76.4 Å². The zero-order valence-corrected chi connectivity index (χ0v) is 38.1. The van der Waals surface area contributed by atoms with Gasteiger partial charge >= 0.3 is 5.69 Å². The van der Waals surface area contributed by atoms with Gasteiger partial charge < -0.3 is 19.4 Å². The van der Waals surface area contributed by atoms with Crippen molar-refractivity contribution in [2.24, 2.45) is 18.9 Å². The monoisotopic (exact) mass is 922 g/mol. The van der Waals surface area contributed by atoms with Crippen molar-refractivity contribution in [2.45, 2.75) is 127 Å². The summed E-state index contributed by atoms with van der Waals surface area (Å²) in [5.74, 6) is 0.199. The molecule has 5 aromatic rings. The number of benzene rings is 1. The fraction of sp³-hybridized carbons (Fsp3) is 0.571. The minimum absolute atomic E-state index is 0.00241. The number of ether oxygens (including phenoxy) is 1. The van der Waals surface area contributed by atoms with Gasteiger partial charge in [-0.3, -0.25) is 43.4 Å². The predicted molar refractivity (Wildman–Crippen MR) is 244 cm³/mol. The number of oxazole rings is 1. The molecule has 16 nitrogen and oxygen atoms in total. The maximum absolute atomic E-state index is 14.2. The van der Waals surface area contributed by atoms with E-state index in [1.54, 1.807) is 33.1 Å². The summed E-state index contributed by atoms with van der Waals surface area (Å²) in [5, 5.41) is 9.28. The highest BCUT2D eigenvalue weighted by molar-refractivity contribution is 6.03. The molecule has 7 heterocycles. The molecule has 0 radical (unpaired) electrons. The van der Waals surface area contributed by atoms with Crippen LogP contribution < -0.4 is 16.3 Å². The number of aryl methyl sites for hydroxylation is 2.